The summed E-state index contributed by atoms with van der Waals surface area (Å²) in [5, 5.41) is 2.81. The third kappa shape index (κ3) is 5.68. The molecule has 0 saturated heterocycles. The van der Waals surface area contributed by atoms with Crippen LogP contribution in [0.5, 0.6) is 0 Å². The Kier molecular flexibility index (Phi) is 8.51. The predicted octanol–water partition coefficient (Wildman–Crippen LogP) is 0.459. The van der Waals surface area contributed by atoms with E-state index in [-0.39, 0.29) is 18.3 Å². The van der Waals surface area contributed by atoms with E-state index in [9.17, 15) is 4.79 Å². The third-order valence-electron chi connectivity index (χ3n) is 2.91. The molecule has 0 aromatic rings. The summed E-state index contributed by atoms with van der Waals surface area (Å²) in [6.45, 7) is 2.15. The van der Waals surface area contributed by atoms with E-state index in [0.717, 1.165) is 25.7 Å². The maximum atomic E-state index is 11.7. The van der Waals surface area contributed by atoms with Crippen LogP contribution in [0.2, 0.25) is 0 Å². The van der Waals surface area contributed by atoms with E-state index in [1.165, 1.54) is 0 Å². The predicted molar refractivity (Wildman–Crippen MR) is 68.3 cm³/mol. The Hall–Kier alpha value is -0.360. The van der Waals surface area contributed by atoms with Crippen molar-refractivity contribution in [1.82, 2.24) is 5.32 Å². The maximum absolute atomic E-state index is 11.7. The molecule has 0 aromatic carbocycles. The van der Waals surface area contributed by atoms with Gasteiger partial charge in [0, 0.05) is 13.7 Å². The number of amides is 1. The fraction of sp³-hybridized carbons (Fsp3) is 0.909. The summed E-state index contributed by atoms with van der Waals surface area (Å²) in [4.78, 5) is 11.7. The van der Waals surface area contributed by atoms with Crippen molar-refractivity contribution < 1.29 is 14.3 Å². The lowest BCUT2D eigenvalue weighted by Crippen LogP contribution is -2.52. The Labute approximate surface area is 109 Å². The van der Waals surface area contributed by atoms with Crippen LogP contribution in [-0.4, -0.2) is 44.9 Å². The molecule has 1 saturated carbocycles. The molecule has 102 valence electrons. The van der Waals surface area contributed by atoms with Gasteiger partial charge in [-0.3, -0.25) is 4.79 Å². The van der Waals surface area contributed by atoms with Crippen molar-refractivity contribution >= 4 is 18.3 Å². The maximum Gasteiger partial charge on any atom is 0.240 e. The summed E-state index contributed by atoms with van der Waals surface area (Å²) < 4.78 is 10.1. The van der Waals surface area contributed by atoms with Crippen LogP contribution in [0.25, 0.3) is 0 Å². The van der Waals surface area contributed by atoms with Crippen molar-refractivity contribution in [3.63, 3.8) is 0 Å². The van der Waals surface area contributed by atoms with Gasteiger partial charge in [-0.05, 0) is 12.8 Å². The molecule has 0 unspecified atom stereocenters. The van der Waals surface area contributed by atoms with E-state index in [1.807, 2.05) is 0 Å². The van der Waals surface area contributed by atoms with Crippen molar-refractivity contribution in [2.24, 2.45) is 5.73 Å². The van der Waals surface area contributed by atoms with Gasteiger partial charge in [-0.2, -0.15) is 0 Å². The Morgan fingerprint density at radius 1 is 1.29 bits per heavy atom. The topological polar surface area (TPSA) is 73.6 Å². The fourth-order valence-electron chi connectivity index (χ4n) is 1.89. The first-order chi connectivity index (χ1) is 7.69. The number of halogens is 1. The molecule has 5 nitrogen and oxygen atoms in total. The van der Waals surface area contributed by atoms with E-state index in [0.29, 0.717) is 26.4 Å². The second-order valence-electron chi connectivity index (χ2n) is 4.22. The largest absolute Gasteiger partial charge is 0.382 e. The minimum atomic E-state index is -0.632. The molecule has 0 atom stereocenters. The molecule has 1 aliphatic carbocycles. The Bertz CT molecular complexity index is 221. The molecule has 6 heteroatoms. The summed E-state index contributed by atoms with van der Waals surface area (Å²) in [6.07, 6.45) is 3.69. The molecule has 0 bridgehead atoms. The van der Waals surface area contributed by atoms with E-state index in [2.05, 4.69) is 5.32 Å². The van der Waals surface area contributed by atoms with Crippen LogP contribution in [0.3, 0.4) is 0 Å². The highest BCUT2D eigenvalue weighted by atomic mass is 35.5. The lowest BCUT2D eigenvalue weighted by atomic mass is 9.98. The van der Waals surface area contributed by atoms with Crippen LogP contribution in [0.4, 0.5) is 0 Å². The van der Waals surface area contributed by atoms with Gasteiger partial charge in [-0.15, -0.1) is 12.4 Å². The second-order valence-corrected chi connectivity index (χ2v) is 4.22. The van der Waals surface area contributed by atoms with Gasteiger partial charge in [0.05, 0.1) is 25.4 Å². The number of methoxy groups -OCH3 is 1. The zero-order valence-electron chi connectivity index (χ0n) is 10.4. The molecule has 1 amide bonds. The van der Waals surface area contributed by atoms with Crippen molar-refractivity contribution in [3.05, 3.63) is 0 Å². The molecule has 0 aromatic heterocycles. The molecule has 1 fully saturated rings. The van der Waals surface area contributed by atoms with Crippen molar-refractivity contribution in [2.45, 2.75) is 31.2 Å². The van der Waals surface area contributed by atoms with Gasteiger partial charge >= 0.3 is 0 Å². The highest BCUT2D eigenvalue weighted by Crippen LogP contribution is 2.26. The standard InChI is InChI=1S/C11H22N2O3.ClH/c1-15-8-9-16-7-6-13-10(14)11(12)4-2-3-5-11;/h2-9,12H2,1H3,(H,13,14);1H. The molecular weight excluding hydrogens is 244 g/mol. The zero-order chi connectivity index (χ0) is 11.9. The van der Waals surface area contributed by atoms with Crippen molar-refractivity contribution in [1.29, 1.82) is 0 Å². The van der Waals surface area contributed by atoms with Gasteiger partial charge in [0.15, 0.2) is 0 Å². The Morgan fingerprint density at radius 3 is 2.53 bits per heavy atom. The molecule has 0 aliphatic heterocycles. The third-order valence-corrected chi connectivity index (χ3v) is 2.91. The van der Waals surface area contributed by atoms with Crippen molar-refractivity contribution in [3.8, 4) is 0 Å². The first kappa shape index (κ1) is 16.6. The first-order valence-electron chi connectivity index (χ1n) is 5.83. The molecule has 0 spiro atoms. The summed E-state index contributed by atoms with van der Waals surface area (Å²) in [5.41, 5.74) is 5.36. The van der Waals surface area contributed by atoms with Crippen LogP contribution in [0, 0.1) is 0 Å². The van der Waals surface area contributed by atoms with Gasteiger partial charge in [0.25, 0.3) is 0 Å². The zero-order valence-corrected chi connectivity index (χ0v) is 11.2. The van der Waals surface area contributed by atoms with Crippen LogP contribution in [0.15, 0.2) is 0 Å². The quantitative estimate of drug-likeness (QED) is 0.657. The molecule has 1 aliphatic rings. The van der Waals surface area contributed by atoms with Crippen LogP contribution in [-0.2, 0) is 14.3 Å². The Balaban J connectivity index is 0.00000256. The second kappa shape index (κ2) is 8.69. The number of hydrogen-bond donors (Lipinski definition) is 2. The highest BCUT2D eigenvalue weighted by molar-refractivity contribution is 5.86. The summed E-state index contributed by atoms with van der Waals surface area (Å²) >= 11 is 0. The number of carbonyl (C=O) groups is 1. The van der Waals surface area contributed by atoms with E-state index in [4.69, 9.17) is 15.2 Å². The summed E-state index contributed by atoms with van der Waals surface area (Å²) in [6, 6.07) is 0. The number of nitrogens with two attached hydrogens (primary N) is 1. The first-order valence-corrected chi connectivity index (χ1v) is 5.83. The fourth-order valence-corrected chi connectivity index (χ4v) is 1.89. The molecule has 3 N–H and O–H groups in total. The van der Waals surface area contributed by atoms with Crippen LogP contribution < -0.4 is 11.1 Å². The number of nitrogens with one attached hydrogen (secondary N) is 1. The van der Waals surface area contributed by atoms with Crippen molar-refractivity contribution in [2.75, 3.05) is 33.5 Å². The van der Waals surface area contributed by atoms with Gasteiger partial charge in [-0.1, -0.05) is 12.8 Å². The molecule has 1 rings (SSSR count). The SMILES string of the molecule is COCCOCCNC(=O)C1(N)CCCC1.Cl. The van der Waals surface area contributed by atoms with Gasteiger partial charge < -0.3 is 20.5 Å². The highest BCUT2D eigenvalue weighted by Gasteiger charge is 2.36. The summed E-state index contributed by atoms with van der Waals surface area (Å²) in [7, 11) is 1.63. The number of rotatable bonds is 7. The molecule has 0 heterocycles. The number of carbonyl (C=O) groups excluding carboxylic acids is 1. The average molecular weight is 267 g/mol. The smallest absolute Gasteiger partial charge is 0.240 e. The van der Waals surface area contributed by atoms with Crippen LogP contribution >= 0.6 is 12.4 Å². The minimum Gasteiger partial charge on any atom is -0.382 e. The lowest BCUT2D eigenvalue weighted by Gasteiger charge is -2.22. The lowest BCUT2D eigenvalue weighted by molar-refractivity contribution is -0.126. The van der Waals surface area contributed by atoms with E-state index >= 15 is 0 Å². The number of ether oxygens (including phenoxy) is 2. The molecular formula is C11H23ClN2O3. The number of hydrogen-bond acceptors (Lipinski definition) is 4. The average Bonchev–Trinajstić information content (AvgIpc) is 2.71. The van der Waals surface area contributed by atoms with Crippen LogP contribution in [0.1, 0.15) is 25.7 Å². The van der Waals surface area contributed by atoms with Gasteiger partial charge in [0.2, 0.25) is 5.91 Å². The molecule has 0 radical (unpaired) electrons. The van der Waals surface area contributed by atoms with E-state index < -0.39 is 5.54 Å². The Morgan fingerprint density at radius 2 is 1.94 bits per heavy atom. The minimum absolute atomic E-state index is 0. The van der Waals surface area contributed by atoms with Gasteiger partial charge in [-0.25, -0.2) is 0 Å². The van der Waals surface area contributed by atoms with E-state index in [1.54, 1.807) is 7.11 Å². The monoisotopic (exact) mass is 266 g/mol. The summed E-state index contributed by atoms with van der Waals surface area (Å²) in [5.74, 6) is -0.0414. The molecule has 17 heavy (non-hydrogen) atoms. The van der Waals surface area contributed by atoms with Gasteiger partial charge in [0.1, 0.15) is 0 Å². The normalized spacial score (nSPS) is 17.5.